The van der Waals surface area contributed by atoms with Crippen LogP contribution >= 0.6 is 11.8 Å². The molecule has 0 aliphatic rings. The second-order valence-electron chi connectivity index (χ2n) is 4.30. The van der Waals surface area contributed by atoms with Gasteiger partial charge in [-0.25, -0.2) is 0 Å². The minimum Gasteiger partial charge on any atom is -0.341 e. The summed E-state index contributed by atoms with van der Waals surface area (Å²) in [6.07, 6.45) is 0.405. The Labute approximate surface area is 119 Å². The van der Waals surface area contributed by atoms with Crippen molar-refractivity contribution in [1.29, 1.82) is 5.26 Å². The Bertz CT molecular complexity index is 454. The number of thioether (sulfide) groups is 1. The van der Waals surface area contributed by atoms with Gasteiger partial charge in [-0.15, -0.1) is 11.8 Å². The highest BCUT2D eigenvalue weighted by molar-refractivity contribution is 7.99. The molecule has 1 rings (SSSR count). The lowest BCUT2D eigenvalue weighted by molar-refractivity contribution is -0.128. The quantitative estimate of drug-likeness (QED) is 0.769. The van der Waals surface area contributed by atoms with Crippen LogP contribution < -0.4 is 0 Å². The van der Waals surface area contributed by atoms with Crippen molar-refractivity contribution in [2.45, 2.75) is 26.0 Å². The molecule has 0 saturated carbocycles. The molecular formula is C15H20N2OS. The minimum absolute atomic E-state index is 0.122. The van der Waals surface area contributed by atoms with Gasteiger partial charge in [-0.3, -0.25) is 4.79 Å². The molecule has 0 unspecified atom stereocenters. The van der Waals surface area contributed by atoms with E-state index in [1.54, 1.807) is 16.7 Å². The van der Waals surface area contributed by atoms with E-state index >= 15 is 0 Å². The van der Waals surface area contributed by atoms with Gasteiger partial charge in [-0.05, 0) is 25.0 Å². The number of carbonyl (C=O) groups excluding carboxylic acids is 1. The van der Waals surface area contributed by atoms with E-state index in [1.807, 2.05) is 19.1 Å². The maximum atomic E-state index is 12.0. The van der Waals surface area contributed by atoms with Gasteiger partial charge in [0.1, 0.15) is 0 Å². The van der Waals surface area contributed by atoms with E-state index in [-0.39, 0.29) is 5.91 Å². The molecule has 0 aliphatic carbocycles. The van der Waals surface area contributed by atoms with Gasteiger partial charge in [0.05, 0.1) is 18.2 Å². The van der Waals surface area contributed by atoms with Gasteiger partial charge in [-0.2, -0.15) is 5.26 Å². The molecule has 0 atom stereocenters. The zero-order valence-corrected chi connectivity index (χ0v) is 12.4. The van der Waals surface area contributed by atoms with Crippen molar-refractivity contribution in [3.8, 4) is 6.07 Å². The van der Waals surface area contributed by atoms with Gasteiger partial charge < -0.3 is 4.90 Å². The highest BCUT2D eigenvalue weighted by Gasteiger charge is 2.11. The highest BCUT2D eigenvalue weighted by atomic mass is 32.2. The Hall–Kier alpha value is -1.47. The third-order valence-corrected chi connectivity index (χ3v) is 3.94. The fraction of sp³-hybridized carbons (Fsp3) is 0.467. The van der Waals surface area contributed by atoms with E-state index in [0.717, 1.165) is 5.75 Å². The van der Waals surface area contributed by atoms with Crippen molar-refractivity contribution in [3.63, 3.8) is 0 Å². The largest absolute Gasteiger partial charge is 0.341 e. The van der Waals surface area contributed by atoms with Crippen molar-refractivity contribution < 1.29 is 4.79 Å². The summed E-state index contributed by atoms with van der Waals surface area (Å²) in [5.74, 6) is 1.46. The van der Waals surface area contributed by atoms with Crippen LogP contribution in [0.15, 0.2) is 24.3 Å². The predicted molar refractivity (Wildman–Crippen MR) is 79.8 cm³/mol. The Morgan fingerprint density at radius 1 is 1.42 bits per heavy atom. The lowest BCUT2D eigenvalue weighted by atomic mass is 10.1. The third-order valence-electron chi connectivity index (χ3n) is 2.97. The molecule has 1 aromatic carbocycles. The number of aryl methyl sites for hydroxylation is 1. The van der Waals surface area contributed by atoms with Crippen molar-refractivity contribution in [2.75, 3.05) is 18.8 Å². The predicted octanol–water partition coefficient (Wildman–Crippen LogP) is 2.99. The molecule has 1 amide bonds. The van der Waals surface area contributed by atoms with E-state index < -0.39 is 0 Å². The molecule has 3 nitrogen and oxygen atoms in total. The number of nitriles is 1. The molecule has 4 heteroatoms. The molecule has 19 heavy (non-hydrogen) atoms. The van der Waals surface area contributed by atoms with Crippen molar-refractivity contribution >= 4 is 17.7 Å². The molecule has 0 bridgehead atoms. The van der Waals surface area contributed by atoms with E-state index in [2.05, 4.69) is 25.1 Å². The van der Waals surface area contributed by atoms with Crippen LogP contribution in [0.4, 0.5) is 0 Å². The van der Waals surface area contributed by atoms with Gasteiger partial charge in [0.25, 0.3) is 0 Å². The average Bonchev–Trinajstić information content (AvgIpc) is 2.42. The van der Waals surface area contributed by atoms with Gasteiger partial charge in [-0.1, -0.05) is 24.3 Å². The SMILES string of the molecule is CCN(CCC#N)C(=O)CSCc1ccccc1C. The Morgan fingerprint density at radius 3 is 2.79 bits per heavy atom. The fourth-order valence-corrected chi connectivity index (χ4v) is 2.76. The molecular weight excluding hydrogens is 256 g/mol. The number of carbonyl (C=O) groups is 1. The normalized spacial score (nSPS) is 9.95. The number of hydrogen-bond donors (Lipinski definition) is 0. The summed E-state index contributed by atoms with van der Waals surface area (Å²) < 4.78 is 0. The molecule has 0 aliphatic heterocycles. The maximum absolute atomic E-state index is 12.0. The van der Waals surface area contributed by atoms with Crippen molar-refractivity contribution in [2.24, 2.45) is 0 Å². The summed E-state index contributed by atoms with van der Waals surface area (Å²) in [4.78, 5) is 13.7. The van der Waals surface area contributed by atoms with E-state index in [9.17, 15) is 4.79 Å². The zero-order chi connectivity index (χ0) is 14.1. The zero-order valence-electron chi connectivity index (χ0n) is 11.6. The molecule has 0 saturated heterocycles. The first-order valence-electron chi connectivity index (χ1n) is 6.46. The molecule has 0 fully saturated rings. The highest BCUT2D eigenvalue weighted by Crippen LogP contribution is 2.16. The molecule has 102 valence electrons. The molecule has 0 aromatic heterocycles. The van der Waals surface area contributed by atoms with Gasteiger partial charge in [0.15, 0.2) is 0 Å². The first-order chi connectivity index (χ1) is 9.19. The van der Waals surface area contributed by atoms with Gasteiger partial charge in [0.2, 0.25) is 5.91 Å². The van der Waals surface area contributed by atoms with Crippen LogP contribution in [0.3, 0.4) is 0 Å². The number of hydrogen-bond acceptors (Lipinski definition) is 3. The summed E-state index contributed by atoms with van der Waals surface area (Å²) in [5, 5.41) is 8.55. The number of benzene rings is 1. The first kappa shape index (κ1) is 15.6. The van der Waals surface area contributed by atoms with Crippen LogP contribution in [-0.2, 0) is 10.5 Å². The molecule has 0 spiro atoms. The van der Waals surface area contributed by atoms with Gasteiger partial charge >= 0.3 is 0 Å². The smallest absolute Gasteiger partial charge is 0.232 e. The van der Waals surface area contributed by atoms with Crippen LogP contribution in [0, 0.1) is 18.3 Å². The topological polar surface area (TPSA) is 44.1 Å². The van der Waals surface area contributed by atoms with Crippen LogP contribution in [0.1, 0.15) is 24.5 Å². The lowest BCUT2D eigenvalue weighted by Gasteiger charge is -2.19. The minimum atomic E-state index is 0.122. The summed E-state index contributed by atoms with van der Waals surface area (Å²) in [6, 6.07) is 10.3. The van der Waals surface area contributed by atoms with Gasteiger partial charge in [0, 0.05) is 18.8 Å². The van der Waals surface area contributed by atoms with Crippen LogP contribution in [-0.4, -0.2) is 29.6 Å². The van der Waals surface area contributed by atoms with E-state index in [0.29, 0.717) is 25.3 Å². The van der Waals surface area contributed by atoms with Crippen LogP contribution in [0.5, 0.6) is 0 Å². The summed E-state index contributed by atoms with van der Waals surface area (Å²) in [7, 11) is 0. The fourth-order valence-electron chi connectivity index (χ4n) is 1.76. The summed E-state index contributed by atoms with van der Waals surface area (Å²) in [6.45, 7) is 5.24. The second kappa shape index (κ2) is 8.60. The monoisotopic (exact) mass is 276 g/mol. The number of nitrogens with zero attached hydrogens (tertiary/aromatic N) is 2. The molecule has 0 N–H and O–H groups in total. The third kappa shape index (κ3) is 5.35. The van der Waals surface area contributed by atoms with Crippen molar-refractivity contribution in [3.05, 3.63) is 35.4 Å². The summed E-state index contributed by atoms with van der Waals surface area (Å²) >= 11 is 1.63. The van der Waals surface area contributed by atoms with Crippen LogP contribution in [0.2, 0.25) is 0 Å². The van der Waals surface area contributed by atoms with E-state index in [4.69, 9.17) is 5.26 Å². The standard InChI is InChI=1S/C15H20N2OS/c1-3-17(10-6-9-16)15(18)12-19-11-14-8-5-4-7-13(14)2/h4-5,7-8H,3,6,10-12H2,1-2H3. The number of rotatable bonds is 7. The first-order valence-corrected chi connectivity index (χ1v) is 7.61. The van der Waals surface area contributed by atoms with Crippen LogP contribution in [0.25, 0.3) is 0 Å². The Balaban J connectivity index is 2.38. The van der Waals surface area contributed by atoms with E-state index in [1.165, 1.54) is 11.1 Å². The maximum Gasteiger partial charge on any atom is 0.232 e. The summed E-state index contributed by atoms with van der Waals surface area (Å²) in [5.41, 5.74) is 2.54. The van der Waals surface area contributed by atoms with Crippen molar-refractivity contribution in [1.82, 2.24) is 4.90 Å². The average molecular weight is 276 g/mol. The molecule has 0 heterocycles. The number of amides is 1. The Kier molecular flexibility index (Phi) is 7.06. The molecule has 1 aromatic rings. The lowest BCUT2D eigenvalue weighted by Crippen LogP contribution is -2.33. The Morgan fingerprint density at radius 2 is 2.16 bits per heavy atom. The molecule has 0 radical (unpaired) electrons. The second-order valence-corrected chi connectivity index (χ2v) is 5.29.